The Morgan fingerprint density at radius 3 is 2.62 bits per heavy atom. The second-order valence-corrected chi connectivity index (χ2v) is 7.93. The highest BCUT2D eigenvalue weighted by Crippen LogP contribution is 2.34. The van der Waals surface area contributed by atoms with Gasteiger partial charge < -0.3 is 10.1 Å². The van der Waals surface area contributed by atoms with Gasteiger partial charge in [-0.05, 0) is 57.0 Å². The summed E-state index contributed by atoms with van der Waals surface area (Å²) in [6.45, 7) is 3.18. The van der Waals surface area contributed by atoms with E-state index in [1.165, 1.54) is 0 Å². The van der Waals surface area contributed by atoms with Gasteiger partial charge in [0.1, 0.15) is 0 Å². The zero-order chi connectivity index (χ0) is 19.5. The average molecular weight is 394 g/mol. The number of alkyl halides is 3. The van der Waals surface area contributed by atoms with Gasteiger partial charge in [0, 0.05) is 6.04 Å². The van der Waals surface area contributed by atoms with Crippen LogP contribution >= 0.6 is 0 Å². The minimum atomic E-state index is -4.89. The highest BCUT2D eigenvalue weighted by Gasteiger charge is 2.37. The Kier molecular flexibility index (Phi) is 6.30. The second-order valence-electron chi connectivity index (χ2n) is 6.21. The highest BCUT2D eigenvalue weighted by atomic mass is 32.2. The summed E-state index contributed by atoms with van der Waals surface area (Å²) in [5, 5.41) is 3.16. The van der Waals surface area contributed by atoms with E-state index >= 15 is 0 Å². The van der Waals surface area contributed by atoms with Crippen molar-refractivity contribution in [2.24, 2.45) is 5.92 Å². The van der Waals surface area contributed by atoms with E-state index in [0.717, 1.165) is 38.6 Å². The molecule has 2 N–H and O–H groups in total. The van der Waals surface area contributed by atoms with Gasteiger partial charge in [0.2, 0.25) is 10.0 Å². The maximum atomic E-state index is 13.2. The molecule has 0 saturated carbocycles. The van der Waals surface area contributed by atoms with Crippen LogP contribution in [0.3, 0.4) is 0 Å². The summed E-state index contributed by atoms with van der Waals surface area (Å²) >= 11 is 0. The number of sulfonamides is 1. The van der Waals surface area contributed by atoms with Gasteiger partial charge in [-0.25, -0.2) is 17.9 Å². The fourth-order valence-electron chi connectivity index (χ4n) is 2.93. The molecule has 0 spiro atoms. The van der Waals surface area contributed by atoms with Gasteiger partial charge in [-0.2, -0.15) is 13.2 Å². The van der Waals surface area contributed by atoms with Crippen LogP contribution in [-0.4, -0.2) is 40.6 Å². The lowest BCUT2D eigenvalue weighted by Crippen LogP contribution is -2.44. The van der Waals surface area contributed by atoms with Gasteiger partial charge in [0.15, 0.2) is 0 Å². The summed E-state index contributed by atoms with van der Waals surface area (Å²) in [5.41, 5.74) is -2.08. The van der Waals surface area contributed by atoms with Gasteiger partial charge in [0.05, 0.1) is 23.1 Å². The number of nitrogens with one attached hydrogen (secondary N) is 2. The average Bonchev–Trinajstić information content (AvgIpc) is 2.60. The van der Waals surface area contributed by atoms with Crippen LogP contribution in [0.1, 0.15) is 35.7 Å². The lowest BCUT2D eigenvalue weighted by atomic mass is 9.94. The van der Waals surface area contributed by atoms with Gasteiger partial charge in [-0.1, -0.05) is 0 Å². The molecule has 2 rings (SSSR count). The zero-order valence-corrected chi connectivity index (χ0v) is 15.2. The van der Waals surface area contributed by atoms with Crippen molar-refractivity contribution in [1.29, 1.82) is 0 Å². The third-order valence-corrected chi connectivity index (χ3v) is 5.95. The molecule has 0 radical (unpaired) electrons. The van der Waals surface area contributed by atoms with E-state index in [1.807, 2.05) is 0 Å². The summed E-state index contributed by atoms with van der Waals surface area (Å²) in [6.07, 6.45) is -3.16. The number of ether oxygens (including phenoxy) is 1. The second kappa shape index (κ2) is 7.93. The minimum absolute atomic E-state index is 0.0509. The fraction of sp³-hybridized carbons (Fsp3) is 0.562. The summed E-state index contributed by atoms with van der Waals surface area (Å²) in [5.74, 6) is -1.13. The molecule has 146 valence electrons. The number of halogens is 3. The molecule has 0 amide bonds. The van der Waals surface area contributed by atoms with E-state index in [1.54, 1.807) is 6.92 Å². The third-order valence-electron chi connectivity index (χ3n) is 4.40. The molecule has 1 aromatic rings. The van der Waals surface area contributed by atoms with Crippen molar-refractivity contribution in [3.05, 3.63) is 29.3 Å². The first-order chi connectivity index (χ1) is 12.1. The van der Waals surface area contributed by atoms with Crippen LogP contribution in [0, 0.1) is 5.92 Å². The van der Waals surface area contributed by atoms with E-state index in [4.69, 9.17) is 0 Å². The summed E-state index contributed by atoms with van der Waals surface area (Å²) in [4.78, 5) is 11.0. The van der Waals surface area contributed by atoms with Crippen molar-refractivity contribution in [2.45, 2.75) is 36.9 Å². The fourth-order valence-corrected chi connectivity index (χ4v) is 4.27. The highest BCUT2D eigenvalue weighted by molar-refractivity contribution is 7.89. The molecule has 1 saturated heterocycles. The first kappa shape index (κ1) is 20.7. The molecule has 1 aliphatic rings. The summed E-state index contributed by atoms with van der Waals surface area (Å²) in [6, 6.07) is 1.80. The van der Waals surface area contributed by atoms with Crippen molar-refractivity contribution in [3.63, 3.8) is 0 Å². The Bertz CT molecular complexity index is 759. The number of esters is 1. The van der Waals surface area contributed by atoms with E-state index in [9.17, 15) is 26.4 Å². The topological polar surface area (TPSA) is 84.5 Å². The molecule has 6 nitrogen and oxygen atoms in total. The van der Waals surface area contributed by atoms with Crippen molar-refractivity contribution in [1.82, 2.24) is 10.0 Å². The molecule has 1 heterocycles. The van der Waals surface area contributed by atoms with Gasteiger partial charge in [0.25, 0.3) is 0 Å². The predicted molar refractivity (Wildman–Crippen MR) is 88.2 cm³/mol. The molecular weight excluding hydrogens is 373 g/mol. The molecular formula is C16H21F3N2O4S. The smallest absolute Gasteiger partial charge is 0.417 e. The number of benzene rings is 1. The normalized spacial score (nSPS) is 19.8. The summed E-state index contributed by atoms with van der Waals surface area (Å²) in [7, 11) is -3.22. The van der Waals surface area contributed by atoms with Crippen molar-refractivity contribution in [2.75, 3.05) is 20.2 Å². The number of carbonyl (C=O) groups is 1. The van der Waals surface area contributed by atoms with Crippen LogP contribution in [0.25, 0.3) is 0 Å². The van der Waals surface area contributed by atoms with Crippen molar-refractivity contribution in [3.8, 4) is 0 Å². The molecule has 0 aliphatic carbocycles. The number of piperidine rings is 1. The maximum absolute atomic E-state index is 13.2. The van der Waals surface area contributed by atoms with Crippen LogP contribution in [0.2, 0.25) is 0 Å². The summed E-state index contributed by atoms with van der Waals surface area (Å²) < 4.78 is 71.5. The minimum Gasteiger partial charge on any atom is -0.465 e. The third kappa shape index (κ3) is 4.74. The Balaban J connectivity index is 2.32. The number of hydrogen-bond acceptors (Lipinski definition) is 5. The van der Waals surface area contributed by atoms with Crippen molar-refractivity contribution < 1.29 is 31.1 Å². The number of rotatable bonds is 5. The van der Waals surface area contributed by atoms with Gasteiger partial charge in [-0.15, -0.1) is 0 Å². The predicted octanol–water partition coefficient (Wildman–Crippen LogP) is 2.16. The molecule has 10 heteroatoms. The van der Waals surface area contributed by atoms with E-state index < -0.39 is 44.2 Å². The molecule has 2 atom stereocenters. The first-order valence-electron chi connectivity index (χ1n) is 8.09. The molecule has 1 fully saturated rings. The molecule has 26 heavy (non-hydrogen) atoms. The number of methoxy groups -OCH3 is 1. The Labute approximate surface area is 150 Å². The Morgan fingerprint density at radius 1 is 1.38 bits per heavy atom. The van der Waals surface area contributed by atoms with Crippen LogP contribution < -0.4 is 10.0 Å². The largest absolute Gasteiger partial charge is 0.465 e. The van der Waals surface area contributed by atoms with Gasteiger partial charge >= 0.3 is 12.1 Å². The van der Waals surface area contributed by atoms with E-state index in [2.05, 4.69) is 14.8 Å². The van der Waals surface area contributed by atoms with Crippen LogP contribution in [0.5, 0.6) is 0 Å². The molecule has 0 bridgehead atoms. The standard InChI is InChI=1S/C16H21F3N2O4S/c1-10(11-4-3-7-20-9-11)21-26(23,24)12-5-6-13(15(22)25-2)14(8-12)16(17,18)19/h5-6,8,10-11,20-21H,3-4,7,9H2,1-2H3. The first-order valence-corrected chi connectivity index (χ1v) is 9.57. The molecule has 0 aromatic heterocycles. The number of carbonyl (C=O) groups excluding carboxylic acids is 1. The maximum Gasteiger partial charge on any atom is 0.417 e. The van der Waals surface area contributed by atoms with Crippen LogP contribution in [-0.2, 0) is 20.9 Å². The van der Waals surface area contributed by atoms with Gasteiger partial charge in [-0.3, -0.25) is 0 Å². The quantitative estimate of drug-likeness (QED) is 0.748. The monoisotopic (exact) mass is 394 g/mol. The molecule has 1 aromatic carbocycles. The number of hydrogen-bond donors (Lipinski definition) is 2. The van der Waals surface area contributed by atoms with Crippen LogP contribution in [0.15, 0.2) is 23.1 Å². The zero-order valence-electron chi connectivity index (χ0n) is 14.4. The Hall–Kier alpha value is -1.65. The Morgan fingerprint density at radius 2 is 2.08 bits per heavy atom. The lowest BCUT2D eigenvalue weighted by Gasteiger charge is -2.28. The van der Waals surface area contributed by atoms with E-state index in [-0.39, 0.29) is 5.92 Å². The van der Waals surface area contributed by atoms with E-state index in [0.29, 0.717) is 12.6 Å². The molecule has 2 unspecified atom stereocenters. The molecule has 1 aliphatic heterocycles. The van der Waals surface area contributed by atoms with Crippen molar-refractivity contribution >= 4 is 16.0 Å². The van der Waals surface area contributed by atoms with Crippen LogP contribution in [0.4, 0.5) is 13.2 Å². The SMILES string of the molecule is COC(=O)c1ccc(S(=O)(=O)NC(C)C2CCCNC2)cc1C(F)(F)F. The lowest BCUT2D eigenvalue weighted by molar-refractivity contribution is -0.138.